The number of thiophene rings is 1. The fourth-order valence-electron chi connectivity index (χ4n) is 10.5. The highest BCUT2D eigenvalue weighted by atomic mass is 32.1. The fourth-order valence-corrected chi connectivity index (χ4v) is 11.6. The number of nitrogens with zero attached hydrogens (tertiary/aromatic N) is 1. The zero-order chi connectivity index (χ0) is 42.5. The Balaban J connectivity index is 0.969. The number of benzene rings is 10. The topological polar surface area (TPSA) is 12.5 Å². The Labute approximate surface area is 376 Å². The number of fused-ring (bicyclic) bond motifs is 8. The molecule has 0 radical (unpaired) electrons. The van der Waals surface area contributed by atoms with E-state index in [1.54, 1.807) is 0 Å². The van der Waals surface area contributed by atoms with Crippen LogP contribution in [0.4, 0.5) is 17.1 Å². The van der Waals surface area contributed by atoms with Crippen LogP contribution in [0.1, 0.15) is 25.0 Å². The van der Waals surface area contributed by atoms with Gasteiger partial charge in [-0.2, -0.15) is 0 Å². The van der Waals surface area contributed by atoms with Crippen LogP contribution >= 0.6 is 11.3 Å². The molecule has 64 heavy (non-hydrogen) atoms. The lowest BCUT2D eigenvalue weighted by Gasteiger charge is -2.30. The third kappa shape index (κ3) is 5.71. The zero-order valence-electron chi connectivity index (χ0n) is 35.5. The van der Waals surface area contributed by atoms with Crippen molar-refractivity contribution < 1.29 is 4.74 Å². The van der Waals surface area contributed by atoms with Crippen LogP contribution in [0.25, 0.3) is 86.6 Å². The molecule has 302 valence electrons. The van der Waals surface area contributed by atoms with Gasteiger partial charge in [-0.1, -0.05) is 147 Å². The lowest BCUT2D eigenvalue weighted by atomic mass is 9.82. The minimum atomic E-state index is -0.135. The van der Waals surface area contributed by atoms with Gasteiger partial charge in [0.1, 0.15) is 11.5 Å². The van der Waals surface area contributed by atoms with Crippen molar-refractivity contribution in [1.29, 1.82) is 0 Å². The van der Waals surface area contributed by atoms with Gasteiger partial charge >= 0.3 is 0 Å². The molecule has 1 aromatic heterocycles. The third-order valence-electron chi connectivity index (χ3n) is 13.6. The SMILES string of the molecule is CC1(C)c2ccccc2-c2ccc(N(c3ccc4sc5ccccc5c4c3)c3ccc4c5c(cccc35)-c3ccc(-c5cc(-c6ccccc6)cc(-c6ccccc6)c5)cc3O4)cc21. The summed E-state index contributed by atoms with van der Waals surface area (Å²) in [5.74, 6) is 1.73. The molecule has 2 heterocycles. The normalized spacial score (nSPS) is 13.1. The van der Waals surface area contributed by atoms with Crippen molar-refractivity contribution in [2.45, 2.75) is 19.3 Å². The van der Waals surface area contributed by atoms with E-state index in [0.717, 1.165) is 56.0 Å². The molecule has 0 amide bonds. The van der Waals surface area contributed by atoms with Crippen LogP contribution in [-0.4, -0.2) is 0 Å². The van der Waals surface area contributed by atoms with Crippen LogP contribution < -0.4 is 9.64 Å². The first-order valence-corrected chi connectivity index (χ1v) is 22.9. The maximum Gasteiger partial charge on any atom is 0.136 e. The largest absolute Gasteiger partial charge is 0.456 e. The van der Waals surface area contributed by atoms with Crippen molar-refractivity contribution in [2.75, 3.05) is 4.90 Å². The van der Waals surface area contributed by atoms with E-state index >= 15 is 0 Å². The number of hydrogen-bond acceptors (Lipinski definition) is 3. The smallest absolute Gasteiger partial charge is 0.136 e. The second-order valence-electron chi connectivity index (χ2n) is 17.7. The van der Waals surface area contributed by atoms with Crippen molar-refractivity contribution in [1.82, 2.24) is 0 Å². The molecule has 2 nitrogen and oxygen atoms in total. The Kier molecular flexibility index (Phi) is 8.16. The molecule has 11 aromatic rings. The van der Waals surface area contributed by atoms with E-state index in [2.05, 4.69) is 231 Å². The molecule has 0 spiro atoms. The average molecular weight is 836 g/mol. The Bertz CT molecular complexity index is 3620. The summed E-state index contributed by atoms with van der Waals surface area (Å²) in [7, 11) is 0. The van der Waals surface area contributed by atoms with Crippen LogP contribution in [0.15, 0.2) is 212 Å². The van der Waals surface area contributed by atoms with Crippen molar-refractivity contribution in [3.05, 3.63) is 223 Å². The molecule has 0 fully saturated rings. The summed E-state index contributed by atoms with van der Waals surface area (Å²) < 4.78 is 9.59. The van der Waals surface area contributed by atoms with Gasteiger partial charge in [0.25, 0.3) is 0 Å². The number of ether oxygens (including phenoxy) is 1. The standard InChI is InChI=1S/C61H41NOS/c1-61(2)53-22-11-9-18-46(53)47-28-25-45(37-54(47)61)62(44-26-31-59-52(36-44)49-19-10-12-23-58(49)64-59)55-29-30-56-60-50(20-13-21-51(55)60)48-27-24-40(35-57(48)63-56)43-33-41(38-14-5-3-6-15-38)32-42(34-43)39-16-7-4-8-17-39/h3-37H,1-2H3. The van der Waals surface area contributed by atoms with Crippen molar-refractivity contribution in [2.24, 2.45) is 0 Å². The second kappa shape index (κ2) is 14.2. The summed E-state index contributed by atoms with van der Waals surface area (Å²) in [6.07, 6.45) is 0. The molecule has 0 unspecified atom stereocenters. The maximum absolute atomic E-state index is 6.99. The molecule has 2 aliphatic rings. The van der Waals surface area contributed by atoms with Gasteiger partial charge in [0.05, 0.1) is 5.69 Å². The predicted octanol–water partition coefficient (Wildman–Crippen LogP) is 17.8. The van der Waals surface area contributed by atoms with E-state index in [1.807, 2.05) is 11.3 Å². The molecule has 13 rings (SSSR count). The molecule has 0 bridgehead atoms. The first-order chi connectivity index (χ1) is 31.5. The highest BCUT2D eigenvalue weighted by Crippen LogP contribution is 2.54. The molecule has 1 aliphatic heterocycles. The van der Waals surface area contributed by atoms with E-state index in [9.17, 15) is 0 Å². The van der Waals surface area contributed by atoms with E-state index in [0.29, 0.717) is 0 Å². The van der Waals surface area contributed by atoms with Crippen LogP contribution in [0.5, 0.6) is 11.5 Å². The average Bonchev–Trinajstić information content (AvgIpc) is 3.83. The predicted molar refractivity (Wildman–Crippen MR) is 271 cm³/mol. The first-order valence-electron chi connectivity index (χ1n) is 22.1. The minimum Gasteiger partial charge on any atom is -0.456 e. The van der Waals surface area contributed by atoms with Gasteiger partial charge in [-0.25, -0.2) is 0 Å². The molecular formula is C61H41NOS. The highest BCUT2D eigenvalue weighted by Gasteiger charge is 2.36. The Hall–Kier alpha value is -7.72. The Morgan fingerprint density at radius 3 is 1.78 bits per heavy atom. The highest BCUT2D eigenvalue weighted by molar-refractivity contribution is 7.25. The zero-order valence-corrected chi connectivity index (χ0v) is 36.3. The summed E-state index contributed by atoms with van der Waals surface area (Å²) in [5.41, 5.74) is 17.9. The molecule has 0 atom stereocenters. The van der Waals surface area contributed by atoms with Crippen LogP contribution in [0.3, 0.4) is 0 Å². The van der Waals surface area contributed by atoms with Gasteiger partial charge in [0, 0.05) is 53.3 Å². The Morgan fingerprint density at radius 1 is 0.375 bits per heavy atom. The van der Waals surface area contributed by atoms with Crippen molar-refractivity contribution in [3.8, 4) is 67.1 Å². The van der Waals surface area contributed by atoms with E-state index in [1.165, 1.54) is 70.2 Å². The van der Waals surface area contributed by atoms with Crippen LogP contribution in [0, 0.1) is 0 Å². The van der Waals surface area contributed by atoms with Gasteiger partial charge < -0.3 is 9.64 Å². The number of anilines is 3. The van der Waals surface area contributed by atoms with E-state index < -0.39 is 0 Å². The minimum absolute atomic E-state index is 0.135. The summed E-state index contributed by atoms with van der Waals surface area (Å²) in [5, 5.41) is 4.84. The maximum atomic E-state index is 6.99. The van der Waals surface area contributed by atoms with Gasteiger partial charge in [-0.3, -0.25) is 0 Å². The fraction of sp³-hybridized carbons (Fsp3) is 0.0492. The summed E-state index contributed by atoms with van der Waals surface area (Å²) >= 11 is 1.86. The number of hydrogen-bond donors (Lipinski definition) is 0. The molecule has 3 heteroatoms. The molecule has 0 saturated carbocycles. The summed E-state index contributed by atoms with van der Waals surface area (Å²) in [6, 6.07) is 77.8. The van der Waals surface area contributed by atoms with Gasteiger partial charge in [0.2, 0.25) is 0 Å². The van der Waals surface area contributed by atoms with E-state index in [-0.39, 0.29) is 5.41 Å². The second-order valence-corrected chi connectivity index (χ2v) is 18.8. The molecule has 0 N–H and O–H groups in total. The van der Waals surface area contributed by atoms with Crippen LogP contribution in [-0.2, 0) is 5.41 Å². The van der Waals surface area contributed by atoms with Crippen LogP contribution in [0.2, 0.25) is 0 Å². The first kappa shape index (κ1) is 36.9. The monoisotopic (exact) mass is 835 g/mol. The molecule has 0 saturated heterocycles. The summed E-state index contributed by atoms with van der Waals surface area (Å²) in [4.78, 5) is 2.47. The van der Waals surface area contributed by atoms with E-state index in [4.69, 9.17) is 4.74 Å². The molecule has 10 aromatic carbocycles. The van der Waals surface area contributed by atoms with Gasteiger partial charge in [-0.15, -0.1) is 11.3 Å². The van der Waals surface area contributed by atoms with Gasteiger partial charge in [-0.05, 0) is 140 Å². The molecular weight excluding hydrogens is 795 g/mol. The van der Waals surface area contributed by atoms with Crippen molar-refractivity contribution in [3.63, 3.8) is 0 Å². The van der Waals surface area contributed by atoms with Crippen molar-refractivity contribution >= 4 is 59.3 Å². The lowest BCUT2D eigenvalue weighted by molar-refractivity contribution is 0.487. The number of rotatable bonds is 6. The lowest BCUT2D eigenvalue weighted by Crippen LogP contribution is -2.16. The van der Waals surface area contributed by atoms with Gasteiger partial charge in [0.15, 0.2) is 0 Å². The summed E-state index contributed by atoms with van der Waals surface area (Å²) in [6.45, 7) is 4.72. The Morgan fingerprint density at radius 2 is 0.984 bits per heavy atom. The quantitative estimate of drug-likeness (QED) is 0.165. The molecule has 1 aliphatic carbocycles. The third-order valence-corrected chi connectivity index (χ3v) is 14.8.